The van der Waals surface area contributed by atoms with Gasteiger partial charge < -0.3 is 24.8 Å². The van der Waals surface area contributed by atoms with Crippen LogP contribution in [0.4, 0.5) is 5.82 Å². The number of aromatic nitrogens is 1. The van der Waals surface area contributed by atoms with Gasteiger partial charge >= 0.3 is 0 Å². The van der Waals surface area contributed by atoms with E-state index in [2.05, 4.69) is 15.6 Å². The van der Waals surface area contributed by atoms with Crippen molar-refractivity contribution in [3.05, 3.63) is 47.7 Å². The van der Waals surface area contributed by atoms with Crippen LogP contribution in [0.25, 0.3) is 0 Å². The van der Waals surface area contributed by atoms with E-state index in [1.165, 1.54) is 0 Å². The summed E-state index contributed by atoms with van der Waals surface area (Å²) in [5.41, 5.74) is 1.58. The van der Waals surface area contributed by atoms with E-state index < -0.39 is 0 Å². The lowest BCUT2D eigenvalue weighted by atomic mass is 10.2. The van der Waals surface area contributed by atoms with Crippen LogP contribution in [0, 0.1) is 0 Å². The summed E-state index contributed by atoms with van der Waals surface area (Å²) >= 11 is 0. The van der Waals surface area contributed by atoms with Crippen molar-refractivity contribution in [3.8, 4) is 11.5 Å². The van der Waals surface area contributed by atoms with Gasteiger partial charge in [-0.05, 0) is 42.7 Å². The van der Waals surface area contributed by atoms with Crippen LogP contribution in [0.5, 0.6) is 11.5 Å². The number of benzene rings is 1. The van der Waals surface area contributed by atoms with E-state index in [0.717, 1.165) is 25.0 Å². The molecule has 1 amide bonds. The fourth-order valence-electron chi connectivity index (χ4n) is 2.97. The number of ether oxygens (including phenoxy) is 3. The third kappa shape index (κ3) is 5.10. The molecule has 0 spiro atoms. The molecule has 1 unspecified atom stereocenters. The molecule has 0 saturated carbocycles. The lowest BCUT2D eigenvalue weighted by Crippen LogP contribution is -2.31. The van der Waals surface area contributed by atoms with Crippen molar-refractivity contribution in [1.29, 1.82) is 0 Å². The number of amides is 1. The summed E-state index contributed by atoms with van der Waals surface area (Å²) in [6.45, 7) is 1.86. The van der Waals surface area contributed by atoms with E-state index in [4.69, 9.17) is 14.2 Å². The predicted octanol–water partition coefficient (Wildman–Crippen LogP) is 2.62. The van der Waals surface area contributed by atoms with Gasteiger partial charge in [-0.25, -0.2) is 4.98 Å². The zero-order chi connectivity index (χ0) is 19.1. The smallest absolute Gasteiger partial charge is 0.251 e. The zero-order valence-electron chi connectivity index (χ0n) is 15.7. The Morgan fingerprint density at radius 3 is 2.81 bits per heavy atom. The Bertz CT molecular complexity index is 776. The zero-order valence-corrected chi connectivity index (χ0v) is 15.7. The molecule has 2 aromatic rings. The average Bonchev–Trinajstić information content (AvgIpc) is 3.24. The van der Waals surface area contributed by atoms with Crippen LogP contribution in [0.2, 0.25) is 0 Å². The first kappa shape index (κ1) is 19.0. The molecule has 0 aliphatic carbocycles. The van der Waals surface area contributed by atoms with Crippen molar-refractivity contribution >= 4 is 11.7 Å². The van der Waals surface area contributed by atoms with Crippen LogP contribution in [0.3, 0.4) is 0 Å². The van der Waals surface area contributed by atoms with Crippen LogP contribution in [0.15, 0.2) is 36.5 Å². The number of carbonyl (C=O) groups excluding carboxylic acids is 1. The molecule has 1 fully saturated rings. The molecular formula is C20H25N3O4. The molecule has 1 aliphatic rings. The molecule has 1 atom stereocenters. The second kappa shape index (κ2) is 9.23. The second-order valence-corrected chi connectivity index (χ2v) is 6.32. The number of nitrogens with one attached hydrogen (secondary N) is 2. The van der Waals surface area contributed by atoms with Gasteiger partial charge in [0.15, 0.2) is 11.5 Å². The molecule has 2 heterocycles. The lowest BCUT2D eigenvalue weighted by Gasteiger charge is -2.12. The Labute approximate surface area is 159 Å². The second-order valence-electron chi connectivity index (χ2n) is 6.32. The van der Waals surface area contributed by atoms with Gasteiger partial charge in [-0.2, -0.15) is 0 Å². The van der Waals surface area contributed by atoms with Crippen LogP contribution >= 0.6 is 0 Å². The normalized spacial score (nSPS) is 16.0. The highest BCUT2D eigenvalue weighted by Gasteiger charge is 2.16. The maximum atomic E-state index is 12.3. The van der Waals surface area contributed by atoms with Crippen molar-refractivity contribution in [3.63, 3.8) is 0 Å². The first-order valence-corrected chi connectivity index (χ1v) is 9.00. The Balaban J connectivity index is 1.57. The van der Waals surface area contributed by atoms with E-state index in [1.807, 2.05) is 18.2 Å². The summed E-state index contributed by atoms with van der Waals surface area (Å²) in [5.74, 6) is 1.87. The van der Waals surface area contributed by atoms with Gasteiger partial charge in [-0.1, -0.05) is 6.07 Å². The molecule has 1 aliphatic heterocycles. The minimum atomic E-state index is -0.123. The van der Waals surface area contributed by atoms with E-state index >= 15 is 0 Å². The number of carbonyl (C=O) groups is 1. The third-order valence-corrected chi connectivity index (χ3v) is 4.46. The first-order chi connectivity index (χ1) is 13.2. The molecule has 2 N–H and O–H groups in total. The maximum absolute atomic E-state index is 12.3. The van der Waals surface area contributed by atoms with Crippen LogP contribution in [-0.2, 0) is 11.3 Å². The SMILES string of the molecule is COc1ccc(CNc2cc(C(=O)NCC3CCCO3)ccn2)cc1OC. The fourth-order valence-corrected chi connectivity index (χ4v) is 2.97. The highest BCUT2D eigenvalue weighted by molar-refractivity contribution is 5.94. The molecule has 1 aromatic carbocycles. The molecule has 7 heteroatoms. The Morgan fingerprint density at radius 1 is 1.22 bits per heavy atom. The minimum absolute atomic E-state index is 0.123. The quantitative estimate of drug-likeness (QED) is 0.742. The van der Waals surface area contributed by atoms with Crippen molar-refractivity contribution in [2.45, 2.75) is 25.5 Å². The summed E-state index contributed by atoms with van der Waals surface area (Å²) in [4.78, 5) is 16.6. The van der Waals surface area contributed by atoms with Crippen molar-refractivity contribution in [1.82, 2.24) is 10.3 Å². The number of anilines is 1. The number of rotatable bonds is 8. The van der Waals surface area contributed by atoms with Crippen molar-refractivity contribution in [2.24, 2.45) is 0 Å². The highest BCUT2D eigenvalue weighted by Crippen LogP contribution is 2.27. The maximum Gasteiger partial charge on any atom is 0.251 e. The molecule has 7 nitrogen and oxygen atoms in total. The summed E-state index contributed by atoms with van der Waals surface area (Å²) in [7, 11) is 3.21. The van der Waals surface area contributed by atoms with Crippen LogP contribution in [-0.4, -0.2) is 44.4 Å². The van der Waals surface area contributed by atoms with E-state index in [0.29, 0.717) is 36.0 Å². The fraction of sp³-hybridized carbons (Fsp3) is 0.400. The van der Waals surface area contributed by atoms with Crippen molar-refractivity contribution in [2.75, 3.05) is 32.7 Å². The predicted molar refractivity (Wildman–Crippen MR) is 102 cm³/mol. The molecule has 3 rings (SSSR count). The summed E-state index contributed by atoms with van der Waals surface area (Å²) in [5, 5.41) is 6.15. The monoisotopic (exact) mass is 371 g/mol. The summed E-state index contributed by atoms with van der Waals surface area (Å²) < 4.78 is 16.1. The van der Waals surface area contributed by atoms with Gasteiger partial charge in [0.1, 0.15) is 5.82 Å². The van der Waals surface area contributed by atoms with E-state index in [1.54, 1.807) is 32.5 Å². The molecule has 1 aromatic heterocycles. The topological polar surface area (TPSA) is 81.7 Å². The summed E-state index contributed by atoms with van der Waals surface area (Å²) in [6, 6.07) is 9.16. The molecular weight excluding hydrogens is 346 g/mol. The number of hydrogen-bond acceptors (Lipinski definition) is 6. The molecule has 27 heavy (non-hydrogen) atoms. The van der Waals surface area contributed by atoms with E-state index in [-0.39, 0.29) is 12.0 Å². The number of pyridine rings is 1. The first-order valence-electron chi connectivity index (χ1n) is 9.00. The average molecular weight is 371 g/mol. The largest absolute Gasteiger partial charge is 0.493 e. The third-order valence-electron chi connectivity index (χ3n) is 4.46. The Hall–Kier alpha value is -2.80. The number of hydrogen-bond donors (Lipinski definition) is 2. The van der Waals surface area contributed by atoms with Gasteiger partial charge in [-0.3, -0.25) is 4.79 Å². The lowest BCUT2D eigenvalue weighted by molar-refractivity contribution is 0.0857. The van der Waals surface area contributed by atoms with Crippen LogP contribution < -0.4 is 20.1 Å². The number of nitrogens with zero attached hydrogens (tertiary/aromatic N) is 1. The Morgan fingerprint density at radius 2 is 2.07 bits per heavy atom. The molecule has 144 valence electrons. The highest BCUT2D eigenvalue weighted by atomic mass is 16.5. The molecule has 0 bridgehead atoms. The van der Waals surface area contributed by atoms with Crippen LogP contribution in [0.1, 0.15) is 28.8 Å². The van der Waals surface area contributed by atoms with Gasteiger partial charge in [0.2, 0.25) is 0 Å². The van der Waals surface area contributed by atoms with Gasteiger partial charge in [-0.15, -0.1) is 0 Å². The van der Waals surface area contributed by atoms with E-state index in [9.17, 15) is 4.79 Å². The van der Waals surface area contributed by atoms with Gasteiger partial charge in [0.25, 0.3) is 5.91 Å². The summed E-state index contributed by atoms with van der Waals surface area (Å²) in [6.07, 6.45) is 3.80. The van der Waals surface area contributed by atoms with Crippen molar-refractivity contribution < 1.29 is 19.0 Å². The van der Waals surface area contributed by atoms with Gasteiger partial charge in [0.05, 0.1) is 20.3 Å². The Kier molecular flexibility index (Phi) is 6.49. The minimum Gasteiger partial charge on any atom is -0.493 e. The molecule has 0 radical (unpaired) electrons. The number of methoxy groups -OCH3 is 2. The molecule has 1 saturated heterocycles. The standard InChI is InChI=1S/C20H25N3O4/c1-25-17-6-5-14(10-18(17)26-2)12-22-19-11-15(7-8-21-19)20(24)23-13-16-4-3-9-27-16/h5-8,10-11,16H,3-4,9,12-13H2,1-2H3,(H,21,22)(H,23,24). The van der Waals surface area contributed by atoms with Gasteiger partial charge in [0, 0.05) is 31.5 Å².